The highest BCUT2D eigenvalue weighted by Crippen LogP contribution is 2.40. The fourth-order valence-corrected chi connectivity index (χ4v) is 5.11. The summed E-state index contributed by atoms with van der Waals surface area (Å²) in [5.74, 6) is 0.418. The number of para-hydroxylation sites is 1. The number of nitrogens with zero attached hydrogens (tertiary/aromatic N) is 2. The first-order valence-electron chi connectivity index (χ1n) is 10.5. The summed E-state index contributed by atoms with van der Waals surface area (Å²) in [7, 11) is 1.48. The van der Waals surface area contributed by atoms with E-state index in [9.17, 15) is 4.79 Å². The van der Waals surface area contributed by atoms with Crippen molar-refractivity contribution in [3.8, 4) is 0 Å². The lowest BCUT2D eigenvalue weighted by Gasteiger charge is -2.42. The van der Waals surface area contributed by atoms with E-state index in [4.69, 9.17) is 27.9 Å². The van der Waals surface area contributed by atoms with Crippen molar-refractivity contribution in [3.63, 3.8) is 0 Å². The van der Waals surface area contributed by atoms with Crippen molar-refractivity contribution in [3.05, 3.63) is 63.6 Å². The molecule has 2 saturated heterocycles. The van der Waals surface area contributed by atoms with E-state index >= 15 is 0 Å². The third kappa shape index (κ3) is 4.32. The number of carbonyl (C=O) groups excluding carboxylic acids is 1. The molecule has 6 heteroatoms. The molecule has 0 atom stereocenters. The van der Waals surface area contributed by atoms with Crippen molar-refractivity contribution in [2.45, 2.75) is 32.2 Å². The van der Waals surface area contributed by atoms with Crippen LogP contribution in [0.3, 0.4) is 0 Å². The maximum absolute atomic E-state index is 12.0. The van der Waals surface area contributed by atoms with Crippen molar-refractivity contribution in [1.29, 1.82) is 0 Å². The lowest BCUT2D eigenvalue weighted by atomic mass is 9.80. The van der Waals surface area contributed by atoms with Gasteiger partial charge in [0.05, 0.1) is 28.3 Å². The first-order valence-corrected chi connectivity index (χ1v) is 11.2. The average molecular weight is 447 g/mol. The van der Waals surface area contributed by atoms with Gasteiger partial charge in [0.25, 0.3) is 0 Å². The van der Waals surface area contributed by atoms with Crippen LogP contribution in [-0.4, -0.2) is 44.2 Å². The number of methoxy groups -OCH3 is 1. The van der Waals surface area contributed by atoms with Crippen LogP contribution in [0.4, 0.5) is 5.69 Å². The second-order valence-electron chi connectivity index (χ2n) is 8.74. The van der Waals surface area contributed by atoms with Gasteiger partial charge in [0.1, 0.15) is 0 Å². The Bertz CT molecular complexity index is 882. The lowest BCUT2D eigenvalue weighted by Crippen LogP contribution is -2.45. The molecule has 2 aromatic rings. The maximum Gasteiger partial charge on any atom is 0.311 e. The van der Waals surface area contributed by atoms with Crippen LogP contribution in [0.25, 0.3) is 0 Å². The molecule has 2 aliphatic rings. The summed E-state index contributed by atoms with van der Waals surface area (Å²) >= 11 is 12.7. The Balaban J connectivity index is 1.30. The van der Waals surface area contributed by atoms with Crippen molar-refractivity contribution in [2.24, 2.45) is 5.41 Å². The zero-order valence-electron chi connectivity index (χ0n) is 17.5. The molecule has 0 bridgehead atoms. The van der Waals surface area contributed by atoms with Gasteiger partial charge in [0.2, 0.25) is 0 Å². The van der Waals surface area contributed by atoms with E-state index in [0.29, 0.717) is 16.0 Å². The molecule has 0 spiro atoms. The third-order valence-corrected chi connectivity index (χ3v) is 7.24. The number of rotatable bonds is 5. The molecule has 30 heavy (non-hydrogen) atoms. The topological polar surface area (TPSA) is 32.8 Å². The highest BCUT2D eigenvalue weighted by Gasteiger charge is 2.37. The van der Waals surface area contributed by atoms with E-state index < -0.39 is 0 Å². The molecule has 2 fully saturated rings. The Labute approximate surface area is 188 Å². The number of halogens is 2. The van der Waals surface area contributed by atoms with Gasteiger partial charge in [-0.3, -0.25) is 9.69 Å². The Morgan fingerprint density at radius 1 is 1.07 bits per heavy atom. The van der Waals surface area contributed by atoms with Gasteiger partial charge in [-0.2, -0.15) is 0 Å². The SMILES string of the molecule is COC(=O)C1(C)CCN(Cc2ccc(C3CN(c4c(Cl)cccc4Cl)C3)cc2)CC1. The van der Waals surface area contributed by atoms with Gasteiger partial charge in [-0.25, -0.2) is 0 Å². The summed E-state index contributed by atoms with van der Waals surface area (Å²) in [6, 6.07) is 14.6. The van der Waals surface area contributed by atoms with Gasteiger partial charge in [-0.05, 0) is 56.1 Å². The first kappa shape index (κ1) is 21.5. The summed E-state index contributed by atoms with van der Waals surface area (Å²) in [5, 5.41) is 1.42. The van der Waals surface area contributed by atoms with Crippen LogP contribution >= 0.6 is 23.2 Å². The normalized spacial score (nSPS) is 19.4. The number of hydrogen-bond donors (Lipinski definition) is 0. The van der Waals surface area contributed by atoms with Crippen molar-refractivity contribution in [2.75, 3.05) is 38.2 Å². The Morgan fingerprint density at radius 2 is 1.67 bits per heavy atom. The lowest BCUT2D eigenvalue weighted by molar-refractivity contribution is -0.154. The minimum atomic E-state index is -0.338. The van der Waals surface area contributed by atoms with Gasteiger partial charge in [-0.15, -0.1) is 0 Å². The summed E-state index contributed by atoms with van der Waals surface area (Å²) in [6.45, 7) is 6.64. The fraction of sp³-hybridized carbons (Fsp3) is 0.458. The molecule has 0 unspecified atom stereocenters. The van der Waals surface area contributed by atoms with Crippen molar-refractivity contribution >= 4 is 34.9 Å². The van der Waals surface area contributed by atoms with Crippen LogP contribution in [0.15, 0.2) is 42.5 Å². The molecule has 2 aromatic carbocycles. The largest absolute Gasteiger partial charge is 0.469 e. The quantitative estimate of drug-likeness (QED) is 0.577. The Morgan fingerprint density at radius 3 is 2.23 bits per heavy atom. The number of carbonyl (C=O) groups is 1. The minimum Gasteiger partial charge on any atom is -0.469 e. The van der Waals surface area contributed by atoms with Crippen LogP contribution in [0.5, 0.6) is 0 Å². The van der Waals surface area contributed by atoms with E-state index in [1.807, 2.05) is 25.1 Å². The van der Waals surface area contributed by atoms with Crippen LogP contribution < -0.4 is 4.90 Å². The van der Waals surface area contributed by atoms with Crippen LogP contribution in [-0.2, 0) is 16.1 Å². The molecule has 0 amide bonds. The zero-order valence-corrected chi connectivity index (χ0v) is 19.0. The molecule has 4 nitrogen and oxygen atoms in total. The van der Waals surface area contributed by atoms with Gasteiger partial charge in [0.15, 0.2) is 0 Å². The Hall–Kier alpha value is -1.75. The van der Waals surface area contributed by atoms with Crippen LogP contribution in [0.1, 0.15) is 36.8 Å². The molecule has 2 heterocycles. The number of esters is 1. The van der Waals surface area contributed by atoms with Crippen molar-refractivity contribution < 1.29 is 9.53 Å². The van der Waals surface area contributed by atoms with Gasteiger partial charge < -0.3 is 9.64 Å². The second-order valence-corrected chi connectivity index (χ2v) is 9.56. The third-order valence-electron chi connectivity index (χ3n) is 6.63. The summed E-state index contributed by atoms with van der Waals surface area (Å²) in [4.78, 5) is 16.6. The molecular weight excluding hydrogens is 419 g/mol. The second kappa shape index (κ2) is 8.78. The number of anilines is 1. The number of benzene rings is 2. The highest BCUT2D eigenvalue weighted by atomic mass is 35.5. The maximum atomic E-state index is 12.0. The number of piperidine rings is 1. The smallest absolute Gasteiger partial charge is 0.311 e. The molecular formula is C24H28Cl2N2O2. The molecule has 0 N–H and O–H groups in total. The van der Waals surface area contributed by atoms with Gasteiger partial charge in [-0.1, -0.05) is 53.5 Å². The number of ether oxygens (including phenoxy) is 1. The predicted molar refractivity (Wildman–Crippen MR) is 122 cm³/mol. The summed E-state index contributed by atoms with van der Waals surface area (Å²) in [5.41, 5.74) is 3.27. The summed E-state index contributed by atoms with van der Waals surface area (Å²) in [6.07, 6.45) is 1.69. The van der Waals surface area contributed by atoms with E-state index in [1.165, 1.54) is 18.2 Å². The molecule has 0 radical (unpaired) electrons. The van der Waals surface area contributed by atoms with E-state index in [0.717, 1.165) is 51.3 Å². The molecule has 2 aliphatic heterocycles. The van der Waals surface area contributed by atoms with Gasteiger partial charge >= 0.3 is 5.97 Å². The fourth-order valence-electron chi connectivity index (χ4n) is 4.47. The number of hydrogen-bond acceptors (Lipinski definition) is 4. The molecule has 4 rings (SSSR count). The average Bonchev–Trinajstić information content (AvgIpc) is 2.71. The Kier molecular flexibility index (Phi) is 6.29. The molecule has 0 saturated carbocycles. The first-order chi connectivity index (χ1) is 14.4. The predicted octanol–water partition coefficient (Wildman–Crippen LogP) is 5.37. The van der Waals surface area contributed by atoms with Crippen LogP contribution in [0.2, 0.25) is 10.0 Å². The highest BCUT2D eigenvalue weighted by molar-refractivity contribution is 6.39. The van der Waals surface area contributed by atoms with E-state index in [-0.39, 0.29) is 11.4 Å². The molecule has 0 aliphatic carbocycles. The summed E-state index contributed by atoms with van der Waals surface area (Å²) < 4.78 is 4.97. The molecule has 0 aromatic heterocycles. The molecule has 160 valence electrons. The van der Waals surface area contributed by atoms with E-state index in [2.05, 4.69) is 34.1 Å². The minimum absolute atomic E-state index is 0.0841. The van der Waals surface area contributed by atoms with Crippen LogP contribution in [0, 0.1) is 5.41 Å². The van der Waals surface area contributed by atoms with Gasteiger partial charge in [0, 0.05) is 25.6 Å². The van der Waals surface area contributed by atoms with E-state index in [1.54, 1.807) is 0 Å². The number of likely N-dealkylation sites (tertiary alicyclic amines) is 1. The zero-order chi connectivity index (χ0) is 21.3. The standard InChI is InChI=1S/C24H28Cl2N2O2/c1-24(23(29)30-2)10-12-27(13-11-24)14-17-6-8-18(9-7-17)19-15-28(16-19)22-20(25)4-3-5-21(22)26/h3-9,19H,10-16H2,1-2H3. The van der Waals surface area contributed by atoms with Crippen molar-refractivity contribution in [1.82, 2.24) is 4.90 Å². The monoisotopic (exact) mass is 446 g/mol.